The monoisotopic (exact) mass is 535 g/mol. The summed E-state index contributed by atoms with van der Waals surface area (Å²) in [5, 5.41) is 8.91. The summed E-state index contributed by atoms with van der Waals surface area (Å²) in [6, 6.07) is 52.1. The van der Waals surface area contributed by atoms with Gasteiger partial charge in [0.1, 0.15) is 0 Å². The number of nitrogens with zero attached hydrogens (tertiary/aromatic N) is 3. The van der Waals surface area contributed by atoms with Gasteiger partial charge in [-0.25, -0.2) is 0 Å². The summed E-state index contributed by atoms with van der Waals surface area (Å²) >= 11 is 0. The number of hydrogen-bond donors (Lipinski definition) is 0. The fourth-order valence-electron chi connectivity index (χ4n) is 6.75. The van der Waals surface area contributed by atoms with Crippen molar-refractivity contribution in [2.75, 3.05) is 4.90 Å². The summed E-state index contributed by atoms with van der Waals surface area (Å²) in [5.41, 5.74) is 7.79. The standard InChI is InChI=1S/C39H25N3/c1-3-11-29(12-4-1)41(30-13-5-2-6-14-30)31-19-21-32(22-20-31)42-34-15-8-24-40-39(34)38-33-23-18-27-10-7-9-26-16-17-28(25-35(38)42)37(33)36(26)27/h1-25H. The average Bonchev–Trinajstić information content (AvgIpc) is 3.39. The smallest absolute Gasteiger partial charge is 0.0969 e. The van der Waals surface area contributed by atoms with Crippen LogP contribution in [0.5, 0.6) is 0 Å². The molecule has 0 unspecified atom stereocenters. The fraction of sp³-hybridized carbons (Fsp3) is 0. The lowest BCUT2D eigenvalue weighted by Gasteiger charge is -2.25. The molecular weight excluding hydrogens is 510 g/mol. The Labute approximate surface area is 242 Å². The highest BCUT2D eigenvalue weighted by Crippen LogP contribution is 2.43. The summed E-state index contributed by atoms with van der Waals surface area (Å²) in [7, 11) is 0. The highest BCUT2D eigenvalue weighted by atomic mass is 15.1. The average molecular weight is 536 g/mol. The molecule has 3 nitrogen and oxygen atoms in total. The predicted molar refractivity (Wildman–Crippen MR) is 177 cm³/mol. The Morgan fingerprint density at radius 3 is 1.81 bits per heavy atom. The Kier molecular flexibility index (Phi) is 4.90. The van der Waals surface area contributed by atoms with Gasteiger partial charge in [-0.05, 0) is 99.0 Å². The van der Waals surface area contributed by atoms with Gasteiger partial charge in [0.2, 0.25) is 0 Å². The first-order valence-corrected chi connectivity index (χ1v) is 14.3. The molecule has 0 radical (unpaired) electrons. The maximum Gasteiger partial charge on any atom is 0.0969 e. The van der Waals surface area contributed by atoms with Gasteiger partial charge in [-0.15, -0.1) is 0 Å². The van der Waals surface area contributed by atoms with Crippen molar-refractivity contribution < 1.29 is 0 Å². The summed E-state index contributed by atoms with van der Waals surface area (Å²) in [6.07, 6.45) is 1.91. The highest BCUT2D eigenvalue weighted by molar-refractivity contribution is 6.32. The molecule has 196 valence electrons. The van der Waals surface area contributed by atoms with Crippen LogP contribution in [-0.4, -0.2) is 9.55 Å². The van der Waals surface area contributed by atoms with Gasteiger partial charge in [0, 0.05) is 34.3 Å². The van der Waals surface area contributed by atoms with E-state index in [9.17, 15) is 0 Å². The molecule has 0 fully saturated rings. The Morgan fingerprint density at radius 1 is 0.452 bits per heavy atom. The first-order chi connectivity index (χ1) is 20.8. The molecule has 2 aromatic heterocycles. The van der Waals surface area contributed by atoms with Crippen molar-refractivity contribution in [1.29, 1.82) is 0 Å². The lowest BCUT2D eigenvalue weighted by atomic mass is 9.92. The van der Waals surface area contributed by atoms with Crippen LogP contribution >= 0.6 is 0 Å². The Morgan fingerprint density at radius 2 is 1.10 bits per heavy atom. The van der Waals surface area contributed by atoms with E-state index in [2.05, 4.69) is 149 Å². The molecule has 0 bridgehead atoms. The van der Waals surface area contributed by atoms with Crippen molar-refractivity contribution in [3.05, 3.63) is 152 Å². The number of pyridine rings is 1. The topological polar surface area (TPSA) is 21.1 Å². The third kappa shape index (κ3) is 3.31. The van der Waals surface area contributed by atoms with E-state index >= 15 is 0 Å². The molecule has 0 aliphatic carbocycles. The SMILES string of the molecule is c1ccc(N(c2ccccc2)c2ccc(-n3c4cccnc4c4c5ccc6cccc7ccc(cc43)c5c76)cc2)cc1. The van der Waals surface area contributed by atoms with Gasteiger partial charge in [-0.2, -0.15) is 0 Å². The zero-order chi connectivity index (χ0) is 27.6. The first-order valence-electron chi connectivity index (χ1n) is 14.3. The van der Waals surface area contributed by atoms with E-state index in [4.69, 9.17) is 4.98 Å². The first kappa shape index (κ1) is 23.1. The summed E-state index contributed by atoms with van der Waals surface area (Å²) in [6.45, 7) is 0. The molecule has 0 spiro atoms. The van der Waals surface area contributed by atoms with Crippen LogP contribution in [0.3, 0.4) is 0 Å². The third-order valence-electron chi connectivity index (χ3n) is 8.53. The second-order valence-corrected chi connectivity index (χ2v) is 10.9. The molecule has 42 heavy (non-hydrogen) atoms. The molecular formula is C39H25N3. The maximum atomic E-state index is 4.93. The Bertz CT molecular complexity index is 2330. The number of benzene rings is 7. The fourth-order valence-corrected chi connectivity index (χ4v) is 6.75. The molecule has 0 amide bonds. The van der Waals surface area contributed by atoms with Crippen LogP contribution in [0.1, 0.15) is 0 Å². The lowest BCUT2D eigenvalue weighted by molar-refractivity contribution is 1.17. The minimum Gasteiger partial charge on any atom is -0.311 e. The molecule has 0 N–H and O–H groups in total. The molecule has 9 aromatic rings. The van der Waals surface area contributed by atoms with Gasteiger partial charge < -0.3 is 9.47 Å². The van der Waals surface area contributed by atoms with Gasteiger partial charge in [0.05, 0.1) is 16.6 Å². The minimum absolute atomic E-state index is 1.03. The van der Waals surface area contributed by atoms with Gasteiger partial charge in [0.25, 0.3) is 0 Å². The van der Waals surface area contributed by atoms with Crippen LogP contribution in [-0.2, 0) is 0 Å². The predicted octanol–water partition coefficient (Wildman–Crippen LogP) is 10.5. The van der Waals surface area contributed by atoms with Gasteiger partial charge in [-0.1, -0.05) is 78.9 Å². The second kappa shape index (κ2) is 8.92. The lowest BCUT2D eigenvalue weighted by Crippen LogP contribution is -2.09. The third-order valence-corrected chi connectivity index (χ3v) is 8.53. The van der Waals surface area contributed by atoms with Crippen LogP contribution in [0.25, 0.3) is 59.9 Å². The number of para-hydroxylation sites is 2. The number of hydrogen-bond acceptors (Lipinski definition) is 2. The zero-order valence-corrected chi connectivity index (χ0v) is 22.8. The largest absolute Gasteiger partial charge is 0.311 e. The minimum atomic E-state index is 1.03. The maximum absolute atomic E-state index is 4.93. The second-order valence-electron chi connectivity index (χ2n) is 10.9. The number of anilines is 3. The quantitative estimate of drug-likeness (QED) is 0.209. The molecule has 0 aliphatic rings. The van der Waals surface area contributed by atoms with Crippen molar-refractivity contribution >= 4 is 71.3 Å². The normalized spacial score (nSPS) is 11.8. The molecule has 0 saturated carbocycles. The van der Waals surface area contributed by atoms with E-state index in [-0.39, 0.29) is 0 Å². The molecule has 9 rings (SSSR count). The van der Waals surface area contributed by atoms with Crippen molar-refractivity contribution in [3.63, 3.8) is 0 Å². The molecule has 7 aromatic carbocycles. The highest BCUT2D eigenvalue weighted by Gasteiger charge is 2.19. The van der Waals surface area contributed by atoms with Gasteiger partial charge >= 0.3 is 0 Å². The van der Waals surface area contributed by atoms with Crippen molar-refractivity contribution in [2.24, 2.45) is 0 Å². The van der Waals surface area contributed by atoms with Crippen LogP contribution in [0.4, 0.5) is 17.1 Å². The number of fused-ring (bicyclic) bond motifs is 4. The molecule has 2 heterocycles. The molecule has 0 atom stereocenters. The molecule has 0 aliphatic heterocycles. The number of rotatable bonds is 4. The van der Waals surface area contributed by atoms with Crippen molar-refractivity contribution in [1.82, 2.24) is 9.55 Å². The van der Waals surface area contributed by atoms with Crippen LogP contribution in [0.2, 0.25) is 0 Å². The van der Waals surface area contributed by atoms with E-state index < -0.39 is 0 Å². The summed E-state index contributed by atoms with van der Waals surface area (Å²) in [5.74, 6) is 0. The van der Waals surface area contributed by atoms with Crippen molar-refractivity contribution in [2.45, 2.75) is 0 Å². The van der Waals surface area contributed by atoms with Gasteiger partial charge in [0.15, 0.2) is 0 Å². The van der Waals surface area contributed by atoms with Crippen LogP contribution in [0.15, 0.2) is 152 Å². The summed E-state index contributed by atoms with van der Waals surface area (Å²) < 4.78 is 2.37. The van der Waals surface area contributed by atoms with Crippen LogP contribution in [0, 0.1) is 0 Å². The van der Waals surface area contributed by atoms with E-state index in [0.717, 1.165) is 33.8 Å². The van der Waals surface area contributed by atoms with E-state index in [1.807, 2.05) is 12.3 Å². The van der Waals surface area contributed by atoms with E-state index in [0.29, 0.717) is 0 Å². The number of aromatic nitrogens is 2. The van der Waals surface area contributed by atoms with E-state index in [1.165, 1.54) is 43.2 Å². The molecule has 0 saturated heterocycles. The van der Waals surface area contributed by atoms with Crippen LogP contribution < -0.4 is 4.90 Å². The molecule has 3 heteroatoms. The van der Waals surface area contributed by atoms with Gasteiger partial charge in [-0.3, -0.25) is 4.98 Å². The zero-order valence-electron chi connectivity index (χ0n) is 22.8. The van der Waals surface area contributed by atoms with Crippen molar-refractivity contribution in [3.8, 4) is 5.69 Å². The summed E-state index contributed by atoms with van der Waals surface area (Å²) in [4.78, 5) is 7.23. The Balaban J connectivity index is 1.29. The Hall–Kier alpha value is -5.67. The van der Waals surface area contributed by atoms with E-state index in [1.54, 1.807) is 0 Å².